The van der Waals surface area contributed by atoms with Crippen LogP contribution in [-0.4, -0.2) is 24.6 Å². The van der Waals surface area contributed by atoms with Gasteiger partial charge >= 0.3 is 0 Å². The summed E-state index contributed by atoms with van der Waals surface area (Å²) in [5, 5.41) is 9.61. The predicted molar refractivity (Wildman–Crippen MR) is 50.3 cm³/mol. The maximum absolute atomic E-state index is 9.61. The fourth-order valence-corrected chi connectivity index (χ4v) is 1.16. The summed E-state index contributed by atoms with van der Waals surface area (Å²) in [7, 11) is 0. The Labute approximate surface area is 80.1 Å². The summed E-state index contributed by atoms with van der Waals surface area (Å²) in [5.41, 5.74) is 3.73. The van der Waals surface area contributed by atoms with Gasteiger partial charge in [-0.15, -0.1) is 5.73 Å². The number of hydrogen-bond acceptors (Lipinski definition) is 4. The highest BCUT2D eigenvalue weighted by Gasteiger charge is 2.08. The van der Waals surface area contributed by atoms with Crippen LogP contribution in [0.2, 0.25) is 0 Å². The van der Waals surface area contributed by atoms with Crippen LogP contribution in [0.25, 0.3) is 11.2 Å². The Bertz CT molecular complexity index is 498. The van der Waals surface area contributed by atoms with Crippen LogP contribution < -0.4 is 0 Å². The number of imidazole rings is 1. The number of hydrogen-bond donors (Lipinski definition) is 1. The minimum atomic E-state index is -0.840. The van der Waals surface area contributed by atoms with Crippen LogP contribution >= 0.6 is 0 Å². The highest BCUT2D eigenvalue weighted by atomic mass is 16.3. The van der Waals surface area contributed by atoms with Crippen molar-refractivity contribution in [3.05, 3.63) is 37.2 Å². The van der Waals surface area contributed by atoms with E-state index in [2.05, 4.69) is 27.3 Å². The summed E-state index contributed by atoms with van der Waals surface area (Å²) >= 11 is 0. The van der Waals surface area contributed by atoms with Gasteiger partial charge in [0, 0.05) is 6.08 Å². The van der Waals surface area contributed by atoms with Gasteiger partial charge in [-0.25, -0.2) is 15.0 Å². The minimum absolute atomic E-state index is 0.582. The van der Waals surface area contributed by atoms with Gasteiger partial charge in [0.25, 0.3) is 0 Å². The fourth-order valence-electron chi connectivity index (χ4n) is 1.16. The van der Waals surface area contributed by atoms with Crippen molar-refractivity contribution >= 4 is 11.2 Å². The first-order valence-electron chi connectivity index (χ1n) is 3.99. The highest BCUT2D eigenvalue weighted by Crippen LogP contribution is 2.12. The maximum atomic E-state index is 9.61. The van der Waals surface area contributed by atoms with Crippen molar-refractivity contribution in [1.82, 2.24) is 19.5 Å². The molecule has 14 heavy (non-hydrogen) atoms. The molecule has 70 valence electrons. The van der Waals surface area contributed by atoms with Crippen molar-refractivity contribution in [3.8, 4) is 0 Å². The summed E-state index contributed by atoms with van der Waals surface area (Å²) in [5.74, 6) is 0. The largest absolute Gasteiger partial charge is 0.369 e. The van der Waals surface area contributed by atoms with Crippen LogP contribution in [0.15, 0.2) is 37.2 Å². The van der Waals surface area contributed by atoms with Crippen LogP contribution in [0.3, 0.4) is 0 Å². The highest BCUT2D eigenvalue weighted by molar-refractivity contribution is 5.68. The van der Waals surface area contributed by atoms with E-state index in [4.69, 9.17) is 0 Å². The molecular formula is C9H8N4O. The standard InChI is InChI=1S/C9H8N4O/c1-2-3-8(14)13-6-12-7-4-10-5-11-9(7)13/h3-6,8,14H,1H2. The second kappa shape index (κ2) is 3.41. The molecule has 1 unspecified atom stereocenters. The van der Waals surface area contributed by atoms with Gasteiger partial charge in [-0.05, 0) is 0 Å². The lowest BCUT2D eigenvalue weighted by Crippen LogP contribution is -2.04. The Balaban J connectivity index is 2.57. The smallest absolute Gasteiger partial charge is 0.165 e. The van der Waals surface area contributed by atoms with Crippen molar-refractivity contribution in [2.45, 2.75) is 6.23 Å². The lowest BCUT2D eigenvalue weighted by atomic mass is 10.5. The van der Waals surface area contributed by atoms with Crippen LogP contribution in [0.1, 0.15) is 6.23 Å². The quantitative estimate of drug-likeness (QED) is 0.703. The van der Waals surface area contributed by atoms with E-state index in [1.54, 1.807) is 6.20 Å². The lowest BCUT2D eigenvalue weighted by molar-refractivity contribution is 0.158. The van der Waals surface area contributed by atoms with E-state index in [9.17, 15) is 5.11 Å². The van der Waals surface area contributed by atoms with Crippen molar-refractivity contribution < 1.29 is 5.11 Å². The monoisotopic (exact) mass is 188 g/mol. The first-order chi connectivity index (χ1) is 6.83. The molecule has 0 saturated heterocycles. The van der Waals surface area contributed by atoms with E-state index in [1.165, 1.54) is 23.3 Å². The van der Waals surface area contributed by atoms with Gasteiger partial charge in [-0.1, -0.05) is 6.58 Å². The molecule has 0 aromatic carbocycles. The average Bonchev–Trinajstić information content (AvgIpc) is 2.61. The van der Waals surface area contributed by atoms with Gasteiger partial charge in [0.2, 0.25) is 0 Å². The minimum Gasteiger partial charge on any atom is -0.369 e. The molecular weight excluding hydrogens is 180 g/mol. The Hall–Kier alpha value is -1.97. The lowest BCUT2D eigenvalue weighted by Gasteiger charge is -2.05. The van der Waals surface area contributed by atoms with E-state index in [0.717, 1.165) is 0 Å². The fraction of sp³-hybridized carbons (Fsp3) is 0.111. The topological polar surface area (TPSA) is 63.8 Å². The zero-order chi connectivity index (χ0) is 9.97. The number of nitrogens with zero attached hydrogens (tertiary/aromatic N) is 4. The van der Waals surface area contributed by atoms with Gasteiger partial charge in [0.05, 0.1) is 12.5 Å². The third-order valence-electron chi connectivity index (χ3n) is 1.79. The Morgan fingerprint density at radius 1 is 1.57 bits per heavy atom. The zero-order valence-electron chi connectivity index (χ0n) is 7.33. The van der Waals surface area contributed by atoms with Gasteiger partial charge < -0.3 is 5.11 Å². The SMILES string of the molecule is C=C=CC(O)n1cnc2cncnc21. The van der Waals surface area contributed by atoms with Crippen LogP contribution in [0.5, 0.6) is 0 Å². The maximum Gasteiger partial charge on any atom is 0.165 e. The van der Waals surface area contributed by atoms with Crippen LogP contribution in [0.4, 0.5) is 0 Å². The molecule has 2 aromatic rings. The van der Waals surface area contributed by atoms with Crippen molar-refractivity contribution in [2.75, 3.05) is 0 Å². The first kappa shape index (κ1) is 8.62. The second-order valence-electron chi connectivity index (χ2n) is 2.67. The molecule has 0 spiro atoms. The molecule has 0 aliphatic carbocycles. The van der Waals surface area contributed by atoms with Crippen LogP contribution in [0, 0.1) is 0 Å². The number of aliphatic hydroxyl groups excluding tert-OH is 1. The molecule has 5 heteroatoms. The van der Waals surface area contributed by atoms with E-state index < -0.39 is 6.23 Å². The average molecular weight is 188 g/mol. The third-order valence-corrected chi connectivity index (χ3v) is 1.79. The van der Waals surface area contributed by atoms with Crippen molar-refractivity contribution in [2.24, 2.45) is 0 Å². The van der Waals surface area contributed by atoms with E-state index in [-0.39, 0.29) is 0 Å². The predicted octanol–water partition coefficient (Wildman–Crippen LogP) is 0.658. The number of rotatable bonds is 2. The Kier molecular flexibility index (Phi) is 2.10. The van der Waals surface area contributed by atoms with E-state index in [1.807, 2.05) is 0 Å². The van der Waals surface area contributed by atoms with Crippen LogP contribution in [-0.2, 0) is 0 Å². The molecule has 0 aliphatic heterocycles. The first-order valence-corrected chi connectivity index (χ1v) is 3.99. The van der Waals surface area contributed by atoms with Gasteiger partial charge in [0.1, 0.15) is 11.8 Å². The van der Waals surface area contributed by atoms with Crippen molar-refractivity contribution in [3.63, 3.8) is 0 Å². The zero-order valence-corrected chi connectivity index (χ0v) is 7.33. The summed E-state index contributed by atoms with van der Waals surface area (Å²) in [6.45, 7) is 3.38. The Morgan fingerprint density at radius 2 is 2.43 bits per heavy atom. The molecule has 1 atom stereocenters. The molecule has 0 radical (unpaired) electrons. The summed E-state index contributed by atoms with van der Waals surface area (Å²) in [6.07, 6.45) is 5.07. The number of aliphatic hydroxyl groups is 1. The van der Waals surface area contributed by atoms with E-state index >= 15 is 0 Å². The van der Waals surface area contributed by atoms with E-state index in [0.29, 0.717) is 11.2 Å². The molecule has 2 heterocycles. The van der Waals surface area contributed by atoms with Gasteiger partial charge in [-0.3, -0.25) is 4.57 Å². The molecule has 2 aromatic heterocycles. The van der Waals surface area contributed by atoms with Gasteiger partial charge in [0.15, 0.2) is 11.9 Å². The third kappa shape index (κ3) is 1.31. The molecule has 2 rings (SSSR count). The molecule has 5 nitrogen and oxygen atoms in total. The molecule has 0 bridgehead atoms. The number of aromatic nitrogens is 4. The molecule has 1 N–H and O–H groups in total. The second-order valence-corrected chi connectivity index (χ2v) is 2.67. The van der Waals surface area contributed by atoms with Gasteiger partial charge in [-0.2, -0.15) is 0 Å². The normalized spacial score (nSPS) is 12.4. The molecule has 0 amide bonds. The summed E-state index contributed by atoms with van der Waals surface area (Å²) < 4.78 is 1.51. The molecule has 0 saturated carbocycles. The molecule has 0 aliphatic rings. The summed E-state index contributed by atoms with van der Waals surface area (Å²) in [6, 6.07) is 0. The number of fused-ring (bicyclic) bond motifs is 1. The molecule has 0 fully saturated rings. The Morgan fingerprint density at radius 3 is 3.21 bits per heavy atom. The summed E-state index contributed by atoms with van der Waals surface area (Å²) in [4.78, 5) is 11.9. The van der Waals surface area contributed by atoms with Crippen molar-refractivity contribution in [1.29, 1.82) is 0 Å².